The normalized spacial score (nSPS) is 12.4. The molecule has 2 rings (SSSR count). The first-order valence-electron chi connectivity index (χ1n) is 4.78. The van der Waals surface area contributed by atoms with Crippen LogP contribution < -0.4 is 4.74 Å². The molecule has 1 atom stereocenters. The van der Waals surface area contributed by atoms with Gasteiger partial charge in [0.05, 0.1) is 11.4 Å². The van der Waals surface area contributed by atoms with Crippen molar-refractivity contribution in [3.05, 3.63) is 51.2 Å². The van der Waals surface area contributed by atoms with E-state index in [-0.39, 0.29) is 0 Å². The molecule has 1 aromatic carbocycles. The van der Waals surface area contributed by atoms with Gasteiger partial charge in [0.1, 0.15) is 11.9 Å². The number of rotatable bonds is 3. The number of methoxy groups -OCH3 is 1. The van der Waals surface area contributed by atoms with Gasteiger partial charge in [0.15, 0.2) is 0 Å². The van der Waals surface area contributed by atoms with Crippen LogP contribution in [-0.2, 0) is 0 Å². The lowest BCUT2D eigenvalue weighted by Gasteiger charge is -2.09. The molecule has 0 radical (unpaired) electrons. The van der Waals surface area contributed by atoms with Gasteiger partial charge in [-0.2, -0.15) is 0 Å². The summed E-state index contributed by atoms with van der Waals surface area (Å²) in [4.78, 5) is 0.843. The summed E-state index contributed by atoms with van der Waals surface area (Å²) < 4.78 is 5.74. The Morgan fingerprint density at radius 1 is 1.19 bits per heavy atom. The number of halogens is 1. The zero-order chi connectivity index (χ0) is 11.5. The summed E-state index contributed by atoms with van der Waals surface area (Å²) in [6, 6.07) is 11.0. The average Bonchev–Trinajstić information content (AvgIpc) is 2.75. The van der Waals surface area contributed by atoms with E-state index in [4.69, 9.17) is 16.3 Å². The van der Waals surface area contributed by atoms with Crippen molar-refractivity contribution in [1.82, 2.24) is 0 Å². The first-order chi connectivity index (χ1) is 7.70. The van der Waals surface area contributed by atoms with E-state index in [2.05, 4.69) is 0 Å². The molecule has 84 valence electrons. The monoisotopic (exact) mass is 254 g/mol. The van der Waals surface area contributed by atoms with Crippen LogP contribution in [0.1, 0.15) is 16.5 Å². The highest BCUT2D eigenvalue weighted by atomic mass is 35.5. The van der Waals surface area contributed by atoms with Crippen LogP contribution in [0.15, 0.2) is 36.4 Å². The van der Waals surface area contributed by atoms with Crippen molar-refractivity contribution < 1.29 is 9.84 Å². The zero-order valence-corrected chi connectivity index (χ0v) is 10.3. The molecule has 0 aliphatic rings. The Labute approximate surface area is 103 Å². The molecule has 0 saturated carbocycles. The van der Waals surface area contributed by atoms with Crippen LogP contribution in [0.4, 0.5) is 0 Å². The van der Waals surface area contributed by atoms with Crippen molar-refractivity contribution in [2.75, 3.05) is 7.11 Å². The SMILES string of the molecule is COc1ccc(C(O)c2ccc(Cl)s2)cc1. The van der Waals surface area contributed by atoms with E-state index in [0.717, 1.165) is 16.2 Å². The zero-order valence-electron chi connectivity index (χ0n) is 8.68. The number of aliphatic hydroxyl groups excluding tert-OH is 1. The fourth-order valence-corrected chi connectivity index (χ4v) is 2.50. The fraction of sp³-hybridized carbons (Fsp3) is 0.167. The smallest absolute Gasteiger partial charge is 0.118 e. The fourth-order valence-electron chi connectivity index (χ4n) is 1.43. The highest BCUT2D eigenvalue weighted by Crippen LogP contribution is 2.31. The minimum absolute atomic E-state index is 0.622. The molecule has 0 spiro atoms. The second-order valence-electron chi connectivity index (χ2n) is 3.32. The van der Waals surface area contributed by atoms with Gasteiger partial charge in [-0.3, -0.25) is 0 Å². The Balaban J connectivity index is 2.23. The molecule has 2 aromatic rings. The number of thiophene rings is 1. The van der Waals surface area contributed by atoms with E-state index >= 15 is 0 Å². The van der Waals surface area contributed by atoms with Gasteiger partial charge < -0.3 is 9.84 Å². The Kier molecular flexibility index (Phi) is 3.49. The minimum atomic E-state index is -0.622. The molecule has 0 amide bonds. The third kappa shape index (κ3) is 2.38. The molecule has 2 nitrogen and oxygen atoms in total. The number of ether oxygens (including phenoxy) is 1. The lowest BCUT2D eigenvalue weighted by molar-refractivity contribution is 0.224. The van der Waals surface area contributed by atoms with Gasteiger partial charge in [0, 0.05) is 4.88 Å². The Morgan fingerprint density at radius 2 is 1.88 bits per heavy atom. The Morgan fingerprint density at radius 3 is 2.38 bits per heavy atom. The standard InChI is InChI=1S/C12H11ClO2S/c1-15-9-4-2-8(3-5-9)12(14)10-6-7-11(13)16-10/h2-7,12,14H,1H3. The maximum Gasteiger partial charge on any atom is 0.118 e. The lowest BCUT2D eigenvalue weighted by atomic mass is 10.1. The molecular weight excluding hydrogens is 244 g/mol. The van der Waals surface area contributed by atoms with Crippen molar-refractivity contribution in [3.63, 3.8) is 0 Å². The van der Waals surface area contributed by atoms with Crippen LogP contribution >= 0.6 is 22.9 Å². The maximum atomic E-state index is 10.1. The summed E-state index contributed by atoms with van der Waals surface area (Å²) in [5, 5.41) is 10.1. The third-order valence-electron chi connectivity index (χ3n) is 2.30. The van der Waals surface area contributed by atoms with E-state index in [9.17, 15) is 5.11 Å². The maximum absolute atomic E-state index is 10.1. The van der Waals surface area contributed by atoms with Crippen molar-refractivity contribution in [2.24, 2.45) is 0 Å². The quantitative estimate of drug-likeness (QED) is 0.909. The topological polar surface area (TPSA) is 29.5 Å². The molecule has 16 heavy (non-hydrogen) atoms. The molecule has 0 aliphatic carbocycles. The number of hydrogen-bond acceptors (Lipinski definition) is 3. The first kappa shape index (κ1) is 11.5. The molecule has 0 bridgehead atoms. The van der Waals surface area contributed by atoms with Crippen LogP contribution in [0, 0.1) is 0 Å². The third-order valence-corrected chi connectivity index (χ3v) is 3.58. The predicted octanol–water partition coefficient (Wildman–Crippen LogP) is 3.49. The lowest BCUT2D eigenvalue weighted by Crippen LogP contribution is -1.96. The summed E-state index contributed by atoms with van der Waals surface area (Å²) in [5.41, 5.74) is 0.833. The molecule has 1 heterocycles. The number of benzene rings is 1. The molecule has 1 unspecified atom stereocenters. The second-order valence-corrected chi connectivity index (χ2v) is 5.06. The van der Waals surface area contributed by atoms with Crippen LogP contribution in [0.2, 0.25) is 4.34 Å². The van der Waals surface area contributed by atoms with Gasteiger partial charge >= 0.3 is 0 Å². The van der Waals surface area contributed by atoms with Crippen molar-refractivity contribution in [2.45, 2.75) is 6.10 Å². The van der Waals surface area contributed by atoms with E-state index in [1.54, 1.807) is 13.2 Å². The van der Waals surface area contributed by atoms with Crippen molar-refractivity contribution in [1.29, 1.82) is 0 Å². The summed E-state index contributed by atoms with van der Waals surface area (Å²) in [7, 11) is 1.62. The van der Waals surface area contributed by atoms with Crippen LogP contribution in [0.5, 0.6) is 5.75 Å². The summed E-state index contributed by atoms with van der Waals surface area (Å²) in [5.74, 6) is 0.778. The minimum Gasteiger partial charge on any atom is -0.497 e. The van der Waals surface area contributed by atoms with E-state index in [1.807, 2.05) is 30.3 Å². The number of aliphatic hydroxyl groups is 1. The summed E-state index contributed by atoms with van der Waals surface area (Å²) in [6.45, 7) is 0. The second kappa shape index (κ2) is 4.87. The molecule has 1 aromatic heterocycles. The van der Waals surface area contributed by atoms with Gasteiger partial charge in [0.2, 0.25) is 0 Å². The molecular formula is C12H11ClO2S. The van der Waals surface area contributed by atoms with E-state index in [0.29, 0.717) is 4.34 Å². The van der Waals surface area contributed by atoms with Crippen LogP contribution in [0.25, 0.3) is 0 Å². The van der Waals surface area contributed by atoms with Gasteiger partial charge in [-0.05, 0) is 29.8 Å². The van der Waals surface area contributed by atoms with Gasteiger partial charge in [-0.1, -0.05) is 23.7 Å². The summed E-state index contributed by atoms with van der Waals surface area (Å²) in [6.07, 6.45) is -0.622. The largest absolute Gasteiger partial charge is 0.497 e. The molecule has 0 fully saturated rings. The van der Waals surface area contributed by atoms with Gasteiger partial charge in [-0.15, -0.1) is 11.3 Å². The molecule has 0 saturated heterocycles. The Bertz CT molecular complexity index is 464. The number of hydrogen-bond donors (Lipinski definition) is 1. The predicted molar refractivity (Wildman–Crippen MR) is 66.4 cm³/mol. The van der Waals surface area contributed by atoms with E-state index < -0.39 is 6.10 Å². The molecule has 1 N–H and O–H groups in total. The van der Waals surface area contributed by atoms with Crippen molar-refractivity contribution in [3.8, 4) is 5.75 Å². The highest BCUT2D eigenvalue weighted by Gasteiger charge is 2.12. The van der Waals surface area contributed by atoms with Gasteiger partial charge in [0.25, 0.3) is 0 Å². The van der Waals surface area contributed by atoms with Crippen LogP contribution in [-0.4, -0.2) is 12.2 Å². The van der Waals surface area contributed by atoms with Crippen LogP contribution in [0.3, 0.4) is 0 Å². The molecule has 4 heteroatoms. The first-order valence-corrected chi connectivity index (χ1v) is 5.97. The Hall–Kier alpha value is -1.03. The molecule has 0 aliphatic heterocycles. The van der Waals surface area contributed by atoms with Crippen molar-refractivity contribution >= 4 is 22.9 Å². The summed E-state index contributed by atoms with van der Waals surface area (Å²) >= 11 is 7.21. The highest BCUT2D eigenvalue weighted by molar-refractivity contribution is 7.16. The van der Waals surface area contributed by atoms with E-state index in [1.165, 1.54) is 11.3 Å². The van der Waals surface area contributed by atoms with Gasteiger partial charge in [-0.25, -0.2) is 0 Å². The average molecular weight is 255 g/mol.